The van der Waals surface area contributed by atoms with Crippen molar-refractivity contribution in [1.29, 1.82) is 0 Å². The van der Waals surface area contributed by atoms with E-state index in [0.717, 1.165) is 12.1 Å². The second-order valence-electron chi connectivity index (χ2n) is 4.78. The van der Waals surface area contributed by atoms with Crippen LogP contribution < -0.4 is 10.6 Å². The SMILES string of the molecule is CC1CN(c2cc(C(F)(F)F)cc(N)n2)C(C)CO1. The highest BCUT2D eigenvalue weighted by Crippen LogP contribution is 2.33. The number of hydrogen-bond donors (Lipinski definition) is 1. The van der Waals surface area contributed by atoms with E-state index in [2.05, 4.69) is 4.98 Å². The van der Waals surface area contributed by atoms with E-state index in [4.69, 9.17) is 10.5 Å². The lowest BCUT2D eigenvalue weighted by Crippen LogP contribution is -2.47. The second kappa shape index (κ2) is 4.88. The molecule has 0 amide bonds. The van der Waals surface area contributed by atoms with E-state index in [-0.39, 0.29) is 23.8 Å². The number of halogens is 3. The Bertz CT molecular complexity index is 464. The second-order valence-corrected chi connectivity index (χ2v) is 4.78. The van der Waals surface area contributed by atoms with Crippen LogP contribution in [0, 0.1) is 0 Å². The minimum Gasteiger partial charge on any atom is -0.384 e. The van der Waals surface area contributed by atoms with Crippen molar-refractivity contribution in [3.63, 3.8) is 0 Å². The summed E-state index contributed by atoms with van der Waals surface area (Å²) in [5.41, 5.74) is 4.70. The summed E-state index contributed by atoms with van der Waals surface area (Å²) in [5.74, 6) is 0.117. The zero-order valence-corrected chi connectivity index (χ0v) is 10.7. The predicted molar refractivity (Wildman–Crippen MR) is 65.9 cm³/mol. The number of nitrogen functional groups attached to an aromatic ring is 1. The summed E-state index contributed by atoms with van der Waals surface area (Å²) in [7, 11) is 0. The van der Waals surface area contributed by atoms with Crippen LogP contribution in [0.3, 0.4) is 0 Å². The molecule has 1 saturated heterocycles. The summed E-state index contributed by atoms with van der Waals surface area (Å²) < 4.78 is 43.7. The molecule has 106 valence electrons. The Morgan fingerprint density at radius 1 is 1.37 bits per heavy atom. The minimum atomic E-state index is -4.42. The number of rotatable bonds is 1. The molecule has 2 unspecified atom stereocenters. The summed E-state index contributed by atoms with van der Waals surface area (Å²) in [6, 6.07) is 1.84. The van der Waals surface area contributed by atoms with Crippen LogP contribution in [0.5, 0.6) is 0 Å². The molecule has 1 aliphatic heterocycles. The average molecular weight is 275 g/mol. The molecule has 0 radical (unpaired) electrons. The number of hydrogen-bond acceptors (Lipinski definition) is 4. The predicted octanol–water partition coefficient (Wildman–Crippen LogP) is 2.30. The summed E-state index contributed by atoms with van der Waals surface area (Å²) in [5, 5.41) is 0. The van der Waals surface area contributed by atoms with Gasteiger partial charge in [-0.1, -0.05) is 0 Å². The molecule has 1 fully saturated rings. The number of pyridine rings is 1. The van der Waals surface area contributed by atoms with Gasteiger partial charge in [0.1, 0.15) is 11.6 Å². The summed E-state index contributed by atoms with van der Waals surface area (Å²) in [4.78, 5) is 5.80. The number of aromatic nitrogens is 1. The quantitative estimate of drug-likeness (QED) is 0.854. The van der Waals surface area contributed by atoms with Gasteiger partial charge in [-0.25, -0.2) is 4.98 Å². The van der Waals surface area contributed by atoms with Gasteiger partial charge >= 0.3 is 6.18 Å². The summed E-state index contributed by atoms with van der Waals surface area (Å²) in [6.45, 7) is 4.70. The van der Waals surface area contributed by atoms with Gasteiger partial charge in [0.2, 0.25) is 0 Å². The molecule has 2 atom stereocenters. The first-order chi connectivity index (χ1) is 8.77. The first kappa shape index (κ1) is 13.9. The Morgan fingerprint density at radius 2 is 2.05 bits per heavy atom. The molecular formula is C12H16F3N3O. The van der Waals surface area contributed by atoms with E-state index in [9.17, 15) is 13.2 Å². The van der Waals surface area contributed by atoms with Crippen LogP contribution in [-0.2, 0) is 10.9 Å². The molecule has 0 bridgehead atoms. The van der Waals surface area contributed by atoms with Gasteiger partial charge in [0, 0.05) is 6.54 Å². The molecule has 2 heterocycles. The Morgan fingerprint density at radius 3 is 2.68 bits per heavy atom. The number of ether oxygens (including phenoxy) is 1. The lowest BCUT2D eigenvalue weighted by atomic mass is 10.1. The Kier molecular flexibility index (Phi) is 3.58. The van der Waals surface area contributed by atoms with Crippen molar-refractivity contribution in [3.8, 4) is 0 Å². The molecule has 7 heteroatoms. The third-order valence-electron chi connectivity index (χ3n) is 3.06. The van der Waals surface area contributed by atoms with E-state index >= 15 is 0 Å². The van der Waals surface area contributed by atoms with Crippen molar-refractivity contribution < 1.29 is 17.9 Å². The molecule has 2 rings (SSSR count). The van der Waals surface area contributed by atoms with Gasteiger partial charge in [0.25, 0.3) is 0 Å². The highest BCUT2D eigenvalue weighted by atomic mass is 19.4. The number of nitrogens with two attached hydrogens (primary N) is 1. The van der Waals surface area contributed by atoms with Gasteiger partial charge in [0.05, 0.1) is 24.3 Å². The third kappa shape index (κ3) is 3.09. The van der Waals surface area contributed by atoms with Crippen molar-refractivity contribution in [1.82, 2.24) is 4.98 Å². The normalized spacial score (nSPS) is 24.6. The lowest BCUT2D eigenvalue weighted by Gasteiger charge is -2.37. The lowest BCUT2D eigenvalue weighted by molar-refractivity contribution is -0.137. The highest BCUT2D eigenvalue weighted by Gasteiger charge is 2.33. The Balaban J connectivity index is 2.36. The van der Waals surface area contributed by atoms with Crippen LogP contribution in [-0.4, -0.2) is 30.3 Å². The Hall–Kier alpha value is -1.50. The minimum absolute atomic E-state index is 0.0356. The first-order valence-corrected chi connectivity index (χ1v) is 6.00. The van der Waals surface area contributed by atoms with E-state index < -0.39 is 11.7 Å². The first-order valence-electron chi connectivity index (χ1n) is 6.00. The number of anilines is 2. The topological polar surface area (TPSA) is 51.4 Å². The molecule has 0 aliphatic carbocycles. The fourth-order valence-corrected chi connectivity index (χ4v) is 2.07. The van der Waals surface area contributed by atoms with E-state index in [1.54, 1.807) is 4.90 Å². The molecule has 1 aliphatic rings. The molecule has 0 saturated carbocycles. The number of morpholine rings is 1. The zero-order chi connectivity index (χ0) is 14.2. The number of alkyl halides is 3. The summed E-state index contributed by atoms with van der Waals surface area (Å²) in [6.07, 6.45) is -4.47. The van der Waals surface area contributed by atoms with Crippen LogP contribution >= 0.6 is 0 Å². The van der Waals surface area contributed by atoms with Crippen molar-refractivity contribution in [2.24, 2.45) is 0 Å². The largest absolute Gasteiger partial charge is 0.416 e. The molecule has 4 nitrogen and oxygen atoms in total. The van der Waals surface area contributed by atoms with Crippen molar-refractivity contribution in [2.45, 2.75) is 32.2 Å². The van der Waals surface area contributed by atoms with Gasteiger partial charge in [-0.2, -0.15) is 13.2 Å². The zero-order valence-electron chi connectivity index (χ0n) is 10.7. The smallest absolute Gasteiger partial charge is 0.384 e. The van der Waals surface area contributed by atoms with E-state index in [1.807, 2.05) is 13.8 Å². The van der Waals surface area contributed by atoms with Crippen LogP contribution in [0.15, 0.2) is 12.1 Å². The number of nitrogens with zero attached hydrogens (tertiary/aromatic N) is 2. The van der Waals surface area contributed by atoms with Crippen LogP contribution in [0.1, 0.15) is 19.4 Å². The van der Waals surface area contributed by atoms with Gasteiger partial charge < -0.3 is 15.4 Å². The van der Waals surface area contributed by atoms with Gasteiger partial charge in [-0.05, 0) is 26.0 Å². The standard InChI is InChI=1S/C12H16F3N3O/c1-7-6-19-8(2)5-18(7)11-4-9(12(13,14)15)3-10(16)17-11/h3-4,7-8H,5-6H2,1-2H3,(H2,16,17). The maximum absolute atomic E-state index is 12.8. The fourth-order valence-electron chi connectivity index (χ4n) is 2.07. The maximum Gasteiger partial charge on any atom is 0.416 e. The molecule has 1 aromatic rings. The van der Waals surface area contributed by atoms with Gasteiger partial charge in [-0.3, -0.25) is 0 Å². The Labute approximate surface area is 109 Å². The molecule has 2 N–H and O–H groups in total. The summed E-state index contributed by atoms with van der Waals surface area (Å²) >= 11 is 0. The monoisotopic (exact) mass is 275 g/mol. The van der Waals surface area contributed by atoms with Crippen molar-refractivity contribution in [3.05, 3.63) is 17.7 Å². The van der Waals surface area contributed by atoms with Crippen molar-refractivity contribution >= 4 is 11.6 Å². The van der Waals surface area contributed by atoms with Gasteiger partial charge in [0.15, 0.2) is 0 Å². The van der Waals surface area contributed by atoms with E-state index in [1.165, 1.54) is 0 Å². The van der Waals surface area contributed by atoms with E-state index in [0.29, 0.717) is 13.2 Å². The fraction of sp³-hybridized carbons (Fsp3) is 0.583. The van der Waals surface area contributed by atoms with Crippen LogP contribution in [0.25, 0.3) is 0 Å². The molecule has 19 heavy (non-hydrogen) atoms. The highest BCUT2D eigenvalue weighted by molar-refractivity contribution is 5.50. The molecule has 0 spiro atoms. The average Bonchev–Trinajstić information content (AvgIpc) is 2.30. The van der Waals surface area contributed by atoms with Gasteiger partial charge in [-0.15, -0.1) is 0 Å². The third-order valence-corrected chi connectivity index (χ3v) is 3.06. The maximum atomic E-state index is 12.8. The molecular weight excluding hydrogens is 259 g/mol. The van der Waals surface area contributed by atoms with Crippen molar-refractivity contribution in [2.75, 3.05) is 23.8 Å². The van der Waals surface area contributed by atoms with Crippen LogP contribution in [0.4, 0.5) is 24.8 Å². The molecule has 1 aromatic heterocycles. The van der Waals surface area contributed by atoms with Crippen LogP contribution in [0.2, 0.25) is 0 Å². The molecule has 0 aromatic carbocycles.